The second-order valence-corrected chi connectivity index (χ2v) is 6.01. The van der Waals surface area contributed by atoms with Crippen molar-refractivity contribution in [2.45, 2.75) is 12.2 Å². The molecule has 1 rings (SSSR count). The van der Waals surface area contributed by atoms with Crippen LogP contribution in [0.25, 0.3) is 0 Å². The lowest BCUT2D eigenvalue weighted by Crippen LogP contribution is -2.13. The monoisotopic (exact) mass is 280 g/mol. The Morgan fingerprint density at radius 2 is 2.06 bits per heavy atom. The van der Waals surface area contributed by atoms with Gasteiger partial charge in [-0.15, -0.1) is 0 Å². The molecule has 0 radical (unpaired) electrons. The molecule has 0 saturated heterocycles. The van der Waals surface area contributed by atoms with Crippen LogP contribution in [-0.4, -0.2) is 25.2 Å². The van der Waals surface area contributed by atoms with Crippen molar-refractivity contribution in [1.82, 2.24) is 0 Å². The second kappa shape index (κ2) is 5.46. The van der Waals surface area contributed by atoms with Gasteiger partial charge in [-0.2, -0.15) is 0 Å². The summed E-state index contributed by atoms with van der Waals surface area (Å²) in [5, 5.41) is 8.15. The summed E-state index contributed by atoms with van der Waals surface area (Å²) >= 11 is 5.61. The van der Waals surface area contributed by atoms with Gasteiger partial charge in [0.05, 0.1) is 22.9 Å². The molecular formula is C10H10ClFO4S. The van der Waals surface area contributed by atoms with Gasteiger partial charge in [0.2, 0.25) is 0 Å². The largest absolute Gasteiger partial charge is 0.481 e. The van der Waals surface area contributed by atoms with E-state index in [0.717, 1.165) is 6.07 Å². The first-order chi connectivity index (χ1) is 7.82. The standard InChI is InChI=1S/C10H10ClFO4S/c11-10-7(2-1-3-8(10)12)6-17(15,16)5-4-9(13)14/h1-3H,4-6H2,(H,13,14). The van der Waals surface area contributed by atoms with E-state index in [1.807, 2.05) is 0 Å². The van der Waals surface area contributed by atoms with E-state index in [0.29, 0.717) is 0 Å². The molecule has 0 aromatic heterocycles. The van der Waals surface area contributed by atoms with E-state index >= 15 is 0 Å². The number of carbonyl (C=O) groups is 1. The number of benzene rings is 1. The molecule has 0 heterocycles. The molecule has 4 nitrogen and oxygen atoms in total. The Balaban J connectivity index is 2.83. The molecule has 1 aromatic rings. The van der Waals surface area contributed by atoms with Crippen molar-refractivity contribution in [2.75, 3.05) is 5.75 Å². The quantitative estimate of drug-likeness (QED) is 0.894. The molecule has 7 heteroatoms. The number of sulfone groups is 1. The Morgan fingerprint density at radius 1 is 1.41 bits per heavy atom. The van der Waals surface area contributed by atoms with Crippen LogP contribution in [0, 0.1) is 5.82 Å². The molecule has 0 atom stereocenters. The Morgan fingerprint density at radius 3 is 2.65 bits per heavy atom. The summed E-state index contributed by atoms with van der Waals surface area (Å²) in [7, 11) is -3.60. The van der Waals surface area contributed by atoms with Crippen molar-refractivity contribution < 1.29 is 22.7 Å². The summed E-state index contributed by atoms with van der Waals surface area (Å²) in [4.78, 5) is 10.3. The van der Waals surface area contributed by atoms with E-state index in [-0.39, 0.29) is 10.6 Å². The minimum Gasteiger partial charge on any atom is -0.481 e. The Kier molecular flexibility index (Phi) is 4.47. The highest BCUT2D eigenvalue weighted by atomic mass is 35.5. The van der Waals surface area contributed by atoms with Crippen LogP contribution in [0.1, 0.15) is 12.0 Å². The molecule has 0 saturated carbocycles. The molecule has 0 spiro atoms. The van der Waals surface area contributed by atoms with E-state index in [1.165, 1.54) is 12.1 Å². The van der Waals surface area contributed by atoms with Crippen molar-refractivity contribution in [2.24, 2.45) is 0 Å². The van der Waals surface area contributed by atoms with E-state index < -0.39 is 39.6 Å². The van der Waals surface area contributed by atoms with Gasteiger partial charge in [-0.1, -0.05) is 23.7 Å². The number of aliphatic carboxylic acids is 1. The van der Waals surface area contributed by atoms with Crippen molar-refractivity contribution in [3.63, 3.8) is 0 Å². The van der Waals surface area contributed by atoms with Crippen LogP contribution in [0.4, 0.5) is 4.39 Å². The van der Waals surface area contributed by atoms with E-state index in [1.54, 1.807) is 0 Å². The molecule has 17 heavy (non-hydrogen) atoms. The van der Waals surface area contributed by atoms with Gasteiger partial charge in [-0.05, 0) is 11.6 Å². The van der Waals surface area contributed by atoms with Crippen molar-refractivity contribution in [3.05, 3.63) is 34.6 Å². The Bertz CT molecular complexity index is 527. The van der Waals surface area contributed by atoms with Gasteiger partial charge in [-0.3, -0.25) is 4.79 Å². The zero-order valence-electron chi connectivity index (χ0n) is 8.69. The summed E-state index contributed by atoms with van der Waals surface area (Å²) in [6.45, 7) is 0. The lowest BCUT2D eigenvalue weighted by Gasteiger charge is -2.05. The molecule has 94 valence electrons. The first-order valence-corrected chi connectivity index (χ1v) is 6.87. The summed E-state index contributed by atoms with van der Waals surface area (Å²) in [6.07, 6.45) is -0.477. The smallest absolute Gasteiger partial charge is 0.304 e. The lowest BCUT2D eigenvalue weighted by atomic mass is 10.2. The van der Waals surface area contributed by atoms with Gasteiger partial charge in [0.1, 0.15) is 5.82 Å². The van der Waals surface area contributed by atoms with Gasteiger partial charge < -0.3 is 5.11 Å². The normalized spacial score (nSPS) is 11.4. The number of carboxylic acid groups (broad SMARTS) is 1. The number of hydrogen-bond acceptors (Lipinski definition) is 3. The van der Waals surface area contributed by atoms with Gasteiger partial charge >= 0.3 is 5.97 Å². The fraction of sp³-hybridized carbons (Fsp3) is 0.300. The van der Waals surface area contributed by atoms with Gasteiger partial charge in [-0.25, -0.2) is 12.8 Å². The average molecular weight is 281 g/mol. The van der Waals surface area contributed by atoms with E-state index in [2.05, 4.69) is 0 Å². The highest BCUT2D eigenvalue weighted by Crippen LogP contribution is 2.21. The summed E-state index contributed by atoms with van der Waals surface area (Å²) < 4.78 is 36.1. The second-order valence-electron chi connectivity index (χ2n) is 3.45. The van der Waals surface area contributed by atoms with Crippen molar-refractivity contribution in [1.29, 1.82) is 0 Å². The maximum atomic E-state index is 13.0. The molecular weight excluding hydrogens is 271 g/mol. The molecule has 0 amide bonds. The minimum absolute atomic E-state index is 0.136. The van der Waals surface area contributed by atoms with Crippen molar-refractivity contribution >= 4 is 27.4 Å². The van der Waals surface area contributed by atoms with Gasteiger partial charge in [0, 0.05) is 0 Å². The van der Waals surface area contributed by atoms with Crippen LogP contribution < -0.4 is 0 Å². The molecule has 1 aromatic carbocycles. The molecule has 0 bridgehead atoms. The molecule has 0 aliphatic rings. The van der Waals surface area contributed by atoms with E-state index in [4.69, 9.17) is 16.7 Å². The predicted molar refractivity (Wildman–Crippen MR) is 61.2 cm³/mol. The predicted octanol–water partition coefficient (Wildman–Crippen LogP) is 1.87. The fourth-order valence-electron chi connectivity index (χ4n) is 1.21. The first kappa shape index (κ1) is 13.9. The van der Waals surface area contributed by atoms with Crippen LogP contribution >= 0.6 is 11.6 Å². The first-order valence-electron chi connectivity index (χ1n) is 4.67. The van der Waals surface area contributed by atoms with Crippen molar-refractivity contribution in [3.8, 4) is 0 Å². The number of carboxylic acids is 1. The number of hydrogen-bond donors (Lipinski definition) is 1. The third-order valence-electron chi connectivity index (χ3n) is 2.03. The lowest BCUT2D eigenvalue weighted by molar-refractivity contribution is -0.136. The van der Waals surface area contributed by atoms with Crippen LogP contribution in [-0.2, 0) is 20.4 Å². The van der Waals surface area contributed by atoms with E-state index in [9.17, 15) is 17.6 Å². The summed E-state index contributed by atoms with van der Waals surface area (Å²) in [6, 6.07) is 3.86. The van der Waals surface area contributed by atoms with Gasteiger partial charge in [0.25, 0.3) is 0 Å². The van der Waals surface area contributed by atoms with Crippen LogP contribution in [0.3, 0.4) is 0 Å². The zero-order valence-corrected chi connectivity index (χ0v) is 10.3. The summed E-state index contributed by atoms with van der Waals surface area (Å²) in [5.74, 6) is -2.84. The van der Waals surface area contributed by atoms with Crippen LogP contribution in [0.2, 0.25) is 5.02 Å². The Labute approximate surface area is 103 Å². The zero-order chi connectivity index (χ0) is 13.1. The van der Waals surface area contributed by atoms with Crippen LogP contribution in [0.5, 0.6) is 0 Å². The molecule has 1 N–H and O–H groups in total. The molecule has 0 aliphatic carbocycles. The maximum absolute atomic E-state index is 13.0. The molecule has 0 fully saturated rings. The van der Waals surface area contributed by atoms with Gasteiger partial charge in [0.15, 0.2) is 9.84 Å². The number of halogens is 2. The summed E-state index contributed by atoms with van der Waals surface area (Å²) in [5.41, 5.74) is 0.136. The van der Waals surface area contributed by atoms with Crippen LogP contribution in [0.15, 0.2) is 18.2 Å². The fourth-order valence-corrected chi connectivity index (χ4v) is 2.83. The minimum atomic E-state index is -3.60. The molecule has 0 aliphatic heterocycles. The maximum Gasteiger partial charge on any atom is 0.304 e. The highest BCUT2D eigenvalue weighted by Gasteiger charge is 2.17. The number of rotatable bonds is 5. The molecule has 0 unspecified atom stereocenters. The third kappa shape index (κ3) is 4.32. The third-order valence-corrected chi connectivity index (χ3v) is 4.03. The SMILES string of the molecule is O=C(O)CCS(=O)(=O)Cc1cccc(F)c1Cl. The Hall–Kier alpha value is -1.14. The highest BCUT2D eigenvalue weighted by molar-refractivity contribution is 7.90. The topological polar surface area (TPSA) is 71.4 Å². The average Bonchev–Trinajstić information content (AvgIpc) is 2.22.